The van der Waals surface area contributed by atoms with Crippen molar-refractivity contribution >= 4 is 46.3 Å². The van der Waals surface area contributed by atoms with E-state index in [9.17, 15) is 30.9 Å². The van der Waals surface area contributed by atoms with Crippen molar-refractivity contribution in [2.24, 2.45) is 20.5 Å². The zero-order valence-electron chi connectivity index (χ0n) is 31.1. The molecular formula is C44H42N8O5. The number of aliphatic hydroxyl groups is 4. The average Bonchev–Trinajstić information content (AvgIpc) is 3.25. The Balaban J connectivity index is 1.20. The van der Waals surface area contributed by atoms with Gasteiger partial charge in [-0.15, -0.1) is 0 Å². The van der Waals surface area contributed by atoms with Gasteiger partial charge in [0.1, 0.15) is 29.2 Å². The van der Waals surface area contributed by atoms with E-state index in [-0.39, 0.29) is 32.0 Å². The van der Waals surface area contributed by atoms with Gasteiger partial charge in [-0.3, -0.25) is 0 Å². The molecule has 0 aromatic heterocycles. The Labute approximate surface area is 331 Å². The highest BCUT2D eigenvalue weighted by molar-refractivity contribution is 5.62. The first kappa shape index (κ1) is 41.2. The fraction of sp³-hybridized carbons (Fsp3) is 0.182. The van der Waals surface area contributed by atoms with Gasteiger partial charge in [-0.2, -0.15) is 31.0 Å². The Kier molecular flexibility index (Phi) is 15.7. The van der Waals surface area contributed by atoms with E-state index in [2.05, 4.69) is 20.5 Å². The second kappa shape index (κ2) is 21.8. The number of hydrogen-bond acceptors (Lipinski definition) is 13. The average molecular weight is 763 g/mol. The summed E-state index contributed by atoms with van der Waals surface area (Å²) in [7, 11) is 0. The van der Waals surface area contributed by atoms with E-state index < -0.39 is 0 Å². The van der Waals surface area contributed by atoms with Crippen LogP contribution in [-0.2, 0) is 4.74 Å². The lowest BCUT2D eigenvalue weighted by Gasteiger charge is -2.22. The topological polar surface area (TPSA) is 194 Å². The summed E-state index contributed by atoms with van der Waals surface area (Å²) in [6.07, 6.45) is 10.5. The first-order valence-corrected chi connectivity index (χ1v) is 18.1. The van der Waals surface area contributed by atoms with Crippen molar-refractivity contribution in [2.75, 3.05) is 62.4 Å². The van der Waals surface area contributed by atoms with Crippen molar-refractivity contribution in [1.82, 2.24) is 0 Å². The highest BCUT2D eigenvalue weighted by Crippen LogP contribution is 2.27. The van der Waals surface area contributed by atoms with E-state index in [1.165, 1.54) is 0 Å². The number of benzene rings is 4. The zero-order chi connectivity index (χ0) is 40.2. The predicted octanol–water partition coefficient (Wildman–Crippen LogP) is 7.97. The summed E-state index contributed by atoms with van der Waals surface area (Å²) < 4.78 is 6.10. The molecule has 1 aliphatic rings. The highest BCUT2D eigenvalue weighted by Gasteiger charge is 2.12. The number of nitriles is 2. The SMILES string of the molecule is N#CC(C#N)=C1C=C(/C=C/c2ccc(N=Nc3ccc(N(CCO)CCO)cc3)cc2)OC(/C=C/c2ccc(N=Nc3ccc(N(CCO)CCO)cc3)cc2)=C1. The minimum Gasteiger partial charge on any atom is -0.457 e. The van der Waals surface area contributed by atoms with Gasteiger partial charge in [0.25, 0.3) is 0 Å². The fourth-order valence-corrected chi connectivity index (χ4v) is 5.58. The second-order valence-electron chi connectivity index (χ2n) is 12.4. The quantitative estimate of drug-likeness (QED) is 0.0575. The molecule has 0 aliphatic carbocycles. The van der Waals surface area contributed by atoms with Crippen LogP contribution in [-0.4, -0.2) is 73.0 Å². The number of hydrogen-bond donors (Lipinski definition) is 4. The number of nitrogens with zero attached hydrogens (tertiary/aromatic N) is 8. The molecule has 0 spiro atoms. The second-order valence-corrected chi connectivity index (χ2v) is 12.4. The molecule has 0 saturated carbocycles. The lowest BCUT2D eigenvalue weighted by Crippen LogP contribution is -2.29. The van der Waals surface area contributed by atoms with Gasteiger partial charge < -0.3 is 35.0 Å². The number of ether oxygens (including phenoxy) is 1. The molecule has 5 rings (SSSR count). The molecule has 0 fully saturated rings. The lowest BCUT2D eigenvalue weighted by atomic mass is 10.1. The summed E-state index contributed by atoms with van der Waals surface area (Å²) >= 11 is 0. The minimum atomic E-state index is -0.0379. The summed E-state index contributed by atoms with van der Waals surface area (Å²) in [5, 5.41) is 73.5. The third-order valence-electron chi connectivity index (χ3n) is 8.48. The number of azo groups is 2. The van der Waals surface area contributed by atoms with Crippen LogP contribution in [0.5, 0.6) is 0 Å². The Bertz CT molecular complexity index is 2060. The molecule has 288 valence electrons. The molecule has 0 saturated heterocycles. The molecule has 13 heteroatoms. The molecule has 57 heavy (non-hydrogen) atoms. The maximum absolute atomic E-state index is 9.56. The summed E-state index contributed by atoms with van der Waals surface area (Å²) in [4.78, 5) is 3.77. The van der Waals surface area contributed by atoms with Crippen LogP contribution < -0.4 is 9.80 Å². The molecule has 4 aromatic rings. The first-order chi connectivity index (χ1) is 27.9. The van der Waals surface area contributed by atoms with Crippen molar-refractivity contribution in [2.45, 2.75) is 0 Å². The molecule has 4 aromatic carbocycles. The summed E-state index contributed by atoms with van der Waals surface area (Å²) in [6, 6.07) is 33.6. The normalized spacial score (nSPS) is 12.8. The van der Waals surface area contributed by atoms with Crippen LogP contribution in [0.1, 0.15) is 11.1 Å². The third-order valence-corrected chi connectivity index (χ3v) is 8.48. The molecule has 0 atom stereocenters. The van der Waals surface area contributed by atoms with Crippen molar-refractivity contribution < 1.29 is 25.2 Å². The van der Waals surface area contributed by atoms with Crippen LogP contribution >= 0.6 is 0 Å². The van der Waals surface area contributed by atoms with Gasteiger partial charge in [-0.1, -0.05) is 36.4 Å². The molecule has 0 amide bonds. The van der Waals surface area contributed by atoms with Crippen LogP contribution in [0.4, 0.5) is 34.1 Å². The molecule has 1 aliphatic heterocycles. The molecule has 1 heterocycles. The third kappa shape index (κ3) is 12.5. The monoisotopic (exact) mass is 762 g/mol. The maximum Gasteiger partial charge on any atom is 0.137 e. The van der Waals surface area contributed by atoms with E-state index in [0.717, 1.165) is 22.5 Å². The van der Waals surface area contributed by atoms with Gasteiger partial charge >= 0.3 is 0 Å². The van der Waals surface area contributed by atoms with Gasteiger partial charge in [-0.25, -0.2) is 0 Å². The smallest absolute Gasteiger partial charge is 0.137 e. The molecule has 4 N–H and O–H groups in total. The maximum atomic E-state index is 9.56. The van der Waals surface area contributed by atoms with Crippen molar-refractivity contribution in [3.05, 3.63) is 155 Å². The van der Waals surface area contributed by atoms with Crippen molar-refractivity contribution in [1.29, 1.82) is 10.5 Å². The van der Waals surface area contributed by atoms with Crippen LogP contribution in [0.25, 0.3) is 12.2 Å². The van der Waals surface area contributed by atoms with Gasteiger partial charge in [0.05, 0.1) is 49.2 Å². The Morgan fingerprint density at radius 3 is 1.11 bits per heavy atom. The molecule has 13 nitrogen and oxygen atoms in total. The lowest BCUT2D eigenvalue weighted by molar-refractivity contribution is 0.280. The van der Waals surface area contributed by atoms with Crippen LogP contribution in [0, 0.1) is 22.7 Å². The number of anilines is 2. The fourth-order valence-electron chi connectivity index (χ4n) is 5.58. The molecule has 0 bridgehead atoms. The largest absolute Gasteiger partial charge is 0.457 e. The zero-order valence-corrected chi connectivity index (χ0v) is 31.1. The Morgan fingerprint density at radius 1 is 0.491 bits per heavy atom. The number of aliphatic hydroxyl groups excluding tert-OH is 4. The van der Waals surface area contributed by atoms with Gasteiger partial charge in [0.2, 0.25) is 0 Å². The highest BCUT2D eigenvalue weighted by atomic mass is 16.5. The summed E-state index contributed by atoms with van der Waals surface area (Å²) in [6.45, 7) is 1.64. The number of rotatable bonds is 18. The van der Waals surface area contributed by atoms with E-state index >= 15 is 0 Å². The van der Waals surface area contributed by atoms with Gasteiger partial charge in [0.15, 0.2) is 0 Å². The van der Waals surface area contributed by atoms with Gasteiger partial charge in [-0.05, 0) is 108 Å². The molecule has 0 unspecified atom stereocenters. The summed E-state index contributed by atoms with van der Waals surface area (Å²) in [5.74, 6) is 0.884. The van der Waals surface area contributed by atoms with E-state index in [1.54, 1.807) is 24.3 Å². The van der Waals surface area contributed by atoms with Gasteiger partial charge in [0, 0.05) is 43.1 Å². The Hall–Kier alpha value is -7.00. The Morgan fingerprint density at radius 2 is 0.807 bits per heavy atom. The van der Waals surface area contributed by atoms with Crippen molar-refractivity contribution in [3.8, 4) is 12.1 Å². The summed E-state index contributed by atoms with van der Waals surface area (Å²) in [5.41, 5.74) is 6.51. The van der Waals surface area contributed by atoms with Crippen molar-refractivity contribution in [3.63, 3.8) is 0 Å². The standard InChI is InChI=1S/C44H42N8O5/c45-31-36(32-46)35-29-43(19-5-33-1-7-37(8-2-33)47-49-39-11-15-41(16-12-39)51(21-25-53)22-26-54)57-44(30-35)20-6-34-3-9-38(10-4-34)48-50-40-13-17-42(18-14-40)52(23-27-55)24-28-56/h1-20,29-30,53-56H,21-28H2/b19-5+,20-6+,49-47?,50-48?. The molecular weight excluding hydrogens is 721 g/mol. The van der Waals surface area contributed by atoms with Crippen LogP contribution in [0.2, 0.25) is 0 Å². The van der Waals surface area contributed by atoms with Crippen LogP contribution in [0.15, 0.2) is 164 Å². The minimum absolute atomic E-state index is 0.0124. The first-order valence-electron chi connectivity index (χ1n) is 18.1. The van der Waals surface area contributed by atoms with E-state index in [1.807, 2.05) is 131 Å². The molecule has 0 radical (unpaired) electrons. The predicted molar refractivity (Wildman–Crippen MR) is 220 cm³/mol. The number of allylic oxidation sites excluding steroid dienone is 6. The van der Waals surface area contributed by atoms with E-state index in [0.29, 0.717) is 66.0 Å². The van der Waals surface area contributed by atoms with E-state index in [4.69, 9.17) is 4.74 Å². The van der Waals surface area contributed by atoms with Crippen LogP contribution in [0.3, 0.4) is 0 Å².